The molecule has 4 rings (SSSR count). The van der Waals surface area contributed by atoms with Gasteiger partial charge in [-0.2, -0.15) is 0 Å². The number of hydrogen-bond acceptors (Lipinski definition) is 6. The van der Waals surface area contributed by atoms with E-state index in [1.165, 1.54) is 25.3 Å². The molecule has 38 heavy (non-hydrogen) atoms. The first-order valence-corrected chi connectivity index (χ1v) is 14.2. The minimum absolute atomic E-state index is 0.115. The molecule has 0 atom stereocenters. The van der Waals surface area contributed by atoms with Gasteiger partial charge in [0.25, 0.3) is 0 Å². The van der Waals surface area contributed by atoms with Crippen LogP contribution in [0.3, 0.4) is 0 Å². The SMILES string of the molecule is COC(=O)CC1CCN(Cc2cc(CN3CCC(CC(=O)OC)CC3)cc(-c3cc(Cl)cc(Cl)c3)c2)CC1. The highest BCUT2D eigenvalue weighted by molar-refractivity contribution is 6.35. The number of rotatable bonds is 9. The van der Waals surface area contributed by atoms with Gasteiger partial charge in [0.2, 0.25) is 0 Å². The normalized spacial score (nSPS) is 17.9. The molecule has 0 spiro atoms. The first-order chi connectivity index (χ1) is 18.3. The fourth-order valence-corrected chi connectivity index (χ4v) is 6.21. The lowest BCUT2D eigenvalue weighted by atomic mass is 9.92. The van der Waals surface area contributed by atoms with Gasteiger partial charge in [-0.3, -0.25) is 19.4 Å². The van der Waals surface area contributed by atoms with Crippen molar-refractivity contribution in [1.82, 2.24) is 9.80 Å². The third kappa shape index (κ3) is 8.44. The van der Waals surface area contributed by atoms with Gasteiger partial charge in [-0.15, -0.1) is 0 Å². The van der Waals surface area contributed by atoms with E-state index in [9.17, 15) is 9.59 Å². The summed E-state index contributed by atoms with van der Waals surface area (Å²) in [4.78, 5) is 28.3. The summed E-state index contributed by atoms with van der Waals surface area (Å²) < 4.78 is 9.71. The van der Waals surface area contributed by atoms with Crippen LogP contribution in [0.25, 0.3) is 11.1 Å². The van der Waals surface area contributed by atoms with Crippen molar-refractivity contribution in [1.29, 1.82) is 0 Å². The van der Waals surface area contributed by atoms with E-state index in [0.29, 0.717) is 34.7 Å². The molecular formula is C30H38Cl2N2O4. The highest BCUT2D eigenvalue weighted by Gasteiger charge is 2.24. The lowest BCUT2D eigenvalue weighted by Gasteiger charge is -2.32. The lowest BCUT2D eigenvalue weighted by molar-refractivity contribution is -0.143. The summed E-state index contributed by atoms with van der Waals surface area (Å²) in [7, 11) is 2.92. The van der Waals surface area contributed by atoms with Gasteiger partial charge >= 0.3 is 11.9 Å². The van der Waals surface area contributed by atoms with Crippen LogP contribution in [0.5, 0.6) is 0 Å². The number of carbonyl (C=O) groups excluding carboxylic acids is 2. The summed E-state index contributed by atoms with van der Waals surface area (Å²) in [6.45, 7) is 5.61. The smallest absolute Gasteiger partial charge is 0.305 e. The summed E-state index contributed by atoms with van der Waals surface area (Å²) in [5.41, 5.74) is 4.66. The molecule has 0 aromatic heterocycles. The van der Waals surface area contributed by atoms with E-state index >= 15 is 0 Å². The standard InChI is InChI=1S/C30H38Cl2N2O4/c1-37-29(35)14-21-3-7-33(8-4-21)19-23-11-24(13-25(12-23)26-16-27(31)18-28(32)17-26)20-34-9-5-22(6-10-34)15-30(36)38-2/h11-13,16-18,21-22H,3-10,14-15,19-20H2,1-2H3. The molecule has 6 nitrogen and oxygen atoms in total. The number of benzene rings is 2. The van der Waals surface area contributed by atoms with Crippen molar-refractivity contribution in [3.63, 3.8) is 0 Å². The fraction of sp³-hybridized carbons (Fsp3) is 0.533. The Morgan fingerprint density at radius 1 is 0.684 bits per heavy atom. The molecule has 0 saturated carbocycles. The predicted octanol–water partition coefficient (Wildman–Crippen LogP) is 6.21. The Hall–Kier alpha value is -2.12. The van der Waals surface area contributed by atoms with Crippen molar-refractivity contribution >= 4 is 35.1 Å². The van der Waals surface area contributed by atoms with Gasteiger partial charge in [0.05, 0.1) is 14.2 Å². The number of hydrogen-bond donors (Lipinski definition) is 0. The Morgan fingerprint density at radius 3 is 1.47 bits per heavy atom. The largest absolute Gasteiger partial charge is 0.469 e. The Balaban J connectivity index is 1.46. The van der Waals surface area contributed by atoms with E-state index in [1.807, 2.05) is 12.1 Å². The number of methoxy groups -OCH3 is 2. The van der Waals surface area contributed by atoms with Crippen LogP contribution < -0.4 is 0 Å². The second-order valence-corrected chi connectivity index (χ2v) is 11.6. The molecule has 0 aliphatic carbocycles. The van der Waals surface area contributed by atoms with Crippen LogP contribution in [0, 0.1) is 11.8 Å². The highest BCUT2D eigenvalue weighted by atomic mass is 35.5. The Kier molecular flexibility index (Phi) is 10.5. The van der Waals surface area contributed by atoms with E-state index in [4.69, 9.17) is 32.7 Å². The quantitative estimate of drug-likeness (QED) is 0.340. The van der Waals surface area contributed by atoms with Crippen LogP contribution in [0.2, 0.25) is 10.0 Å². The van der Waals surface area contributed by atoms with Gasteiger partial charge in [-0.1, -0.05) is 29.3 Å². The van der Waals surface area contributed by atoms with Gasteiger partial charge in [0, 0.05) is 36.0 Å². The van der Waals surface area contributed by atoms with Crippen molar-refractivity contribution in [2.24, 2.45) is 11.8 Å². The van der Waals surface area contributed by atoms with Gasteiger partial charge in [0.15, 0.2) is 0 Å². The molecule has 0 radical (unpaired) electrons. The van der Waals surface area contributed by atoms with Gasteiger partial charge in [0.1, 0.15) is 0 Å². The topological polar surface area (TPSA) is 59.1 Å². The van der Waals surface area contributed by atoms with E-state index in [0.717, 1.165) is 76.1 Å². The number of piperidine rings is 2. The number of esters is 2. The maximum absolute atomic E-state index is 11.7. The Bertz CT molecular complexity index is 1030. The second-order valence-electron chi connectivity index (χ2n) is 10.7. The van der Waals surface area contributed by atoms with Crippen molar-refractivity contribution in [3.8, 4) is 11.1 Å². The number of ether oxygens (including phenoxy) is 2. The van der Waals surface area contributed by atoms with Gasteiger partial charge < -0.3 is 9.47 Å². The minimum atomic E-state index is -0.115. The second kappa shape index (κ2) is 13.8. The van der Waals surface area contributed by atoms with Crippen LogP contribution in [-0.2, 0) is 32.2 Å². The van der Waals surface area contributed by atoms with Gasteiger partial charge in [-0.05, 0) is 116 Å². The molecule has 0 N–H and O–H groups in total. The summed E-state index contributed by atoms with van der Waals surface area (Å²) in [6, 6.07) is 12.5. The van der Waals surface area contributed by atoms with Crippen LogP contribution in [0.4, 0.5) is 0 Å². The maximum atomic E-state index is 11.7. The molecule has 2 heterocycles. The molecule has 2 aliphatic rings. The van der Waals surface area contributed by atoms with E-state index in [2.05, 4.69) is 28.0 Å². The Labute approximate surface area is 236 Å². The monoisotopic (exact) mass is 560 g/mol. The number of likely N-dealkylation sites (tertiary alicyclic amines) is 2. The van der Waals surface area contributed by atoms with Crippen LogP contribution in [-0.4, -0.2) is 62.1 Å². The van der Waals surface area contributed by atoms with E-state index in [-0.39, 0.29) is 11.9 Å². The molecule has 206 valence electrons. The summed E-state index contributed by atoms with van der Waals surface area (Å²) in [6.07, 6.45) is 5.04. The van der Waals surface area contributed by atoms with Crippen LogP contribution >= 0.6 is 23.2 Å². The Morgan fingerprint density at radius 2 is 1.08 bits per heavy atom. The average Bonchev–Trinajstić information content (AvgIpc) is 2.90. The van der Waals surface area contributed by atoms with Crippen molar-refractivity contribution < 1.29 is 19.1 Å². The fourth-order valence-electron chi connectivity index (χ4n) is 5.68. The van der Waals surface area contributed by atoms with Gasteiger partial charge in [-0.25, -0.2) is 0 Å². The molecule has 2 aromatic rings. The summed E-state index contributed by atoms with van der Waals surface area (Å²) >= 11 is 12.7. The van der Waals surface area contributed by atoms with Crippen molar-refractivity contribution in [3.05, 3.63) is 57.6 Å². The zero-order valence-corrected chi connectivity index (χ0v) is 23.9. The maximum Gasteiger partial charge on any atom is 0.305 e. The molecule has 0 amide bonds. The van der Waals surface area contributed by atoms with E-state index < -0.39 is 0 Å². The van der Waals surface area contributed by atoms with E-state index in [1.54, 1.807) is 6.07 Å². The number of nitrogens with zero attached hydrogens (tertiary/aromatic N) is 2. The molecule has 0 unspecified atom stereocenters. The third-order valence-corrected chi connectivity index (χ3v) is 8.28. The summed E-state index contributed by atoms with van der Waals surface area (Å²) in [5, 5.41) is 1.25. The molecule has 0 bridgehead atoms. The molecule has 2 fully saturated rings. The molecule has 2 aromatic carbocycles. The molecule has 2 saturated heterocycles. The van der Waals surface area contributed by atoms with Crippen molar-refractivity contribution in [2.75, 3.05) is 40.4 Å². The minimum Gasteiger partial charge on any atom is -0.469 e. The zero-order valence-electron chi connectivity index (χ0n) is 22.4. The molecule has 2 aliphatic heterocycles. The molecular weight excluding hydrogens is 523 g/mol. The molecule has 8 heteroatoms. The predicted molar refractivity (Wildman–Crippen MR) is 151 cm³/mol. The number of halogens is 2. The average molecular weight is 562 g/mol. The lowest BCUT2D eigenvalue weighted by Crippen LogP contribution is -2.34. The number of carbonyl (C=O) groups is 2. The van der Waals surface area contributed by atoms with Crippen LogP contribution in [0.15, 0.2) is 36.4 Å². The van der Waals surface area contributed by atoms with Crippen LogP contribution in [0.1, 0.15) is 49.7 Å². The first-order valence-electron chi connectivity index (χ1n) is 13.5. The first kappa shape index (κ1) is 28.9. The summed E-state index contributed by atoms with van der Waals surface area (Å²) in [5.74, 6) is 0.568. The zero-order chi connectivity index (χ0) is 27.1. The highest BCUT2D eigenvalue weighted by Crippen LogP contribution is 2.31. The third-order valence-electron chi connectivity index (χ3n) is 7.84. The van der Waals surface area contributed by atoms with Crippen molar-refractivity contribution in [2.45, 2.75) is 51.6 Å².